The largest absolute Gasteiger partial charge is 0.378 e. The molecule has 3 aromatic rings. The molecule has 5 heterocycles. The first kappa shape index (κ1) is 28.7. The van der Waals surface area contributed by atoms with E-state index >= 15 is 0 Å². The van der Waals surface area contributed by atoms with Crippen LogP contribution in [0.1, 0.15) is 37.9 Å². The number of likely N-dealkylation sites (tertiary alicyclic amines) is 1. The minimum absolute atomic E-state index is 0.0150. The molecule has 6 rings (SSSR count). The molecule has 3 saturated heterocycles. The number of imidazole rings is 1. The third-order valence-electron chi connectivity index (χ3n) is 8.02. The van der Waals surface area contributed by atoms with Gasteiger partial charge in [0.1, 0.15) is 18.2 Å². The molecule has 11 nitrogen and oxygen atoms in total. The smallest absolute Gasteiger partial charge is 0.296 e. The van der Waals surface area contributed by atoms with E-state index in [1.165, 1.54) is 4.57 Å². The second-order valence-corrected chi connectivity index (χ2v) is 11.0. The Morgan fingerprint density at radius 1 is 1.07 bits per heavy atom. The molecule has 3 fully saturated rings. The third-order valence-corrected chi connectivity index (χ3v) is 8.02. The lowest BCUT2D eigenvalue weighted by Crippen LogP contribution is -2.37. The van der Waals surface area contributed by atoms with Crippen LogP contribution in [0.3, 0.4) is 0 Å². The number of rotatable bonds is 10. The van der Waals surface area contributed by atoms with Crippen LogP contribution in [0.15, 0.2) is 30.3 Å². The van der Waals surface area contributed by atoms with E-state index in [-0.39, 0.29) is 30.4 Å². The van der Waals surface area contributed by atoms with Crippen molar-refractivity contribution in [1.82, 2.24) is 24.4 Å². The number of carbonyl (C=O) groups is 1. The SMILES string of the molecule is O=C(COCC1CCCCO1)N1CC[C@H](CNc2cc(-n3c(C(F)F)nc4ccccc43)nc(N3CCOCC3)n2)C1. The standard InChI is InChI=1S/C29H37F2N7O4/c30-27(31)28-33-22-6-1-2-7-23(22)38(28)25-15-24(34-29(35-25)36-10-13-40-14-11-36)32-16-20-8-9-37(17-20)26(39)19-41-18-21-5-3-4-12-42-21/h1-2,6-7,15,20-21,27H,3-5,8-14,16-19H2,(H,32,34,35)/t20-,21?/m1/s1. The highest BCUT2D eigenvalue weighted by molar-refractivity contribution is 5.78. The maximum atomic E-state index is 14.1. The van der Waals surface area contributed by atoms with Crippen molar-refractivity contribution in [3.63, 3.8) is 0 Å². The number of nitrogens with zero attached hydrogens (tertiary/aromatic N) is 6. The highest BCUT2D eigenvalue weighted by Gasteiger charge is 2.28. The Labute approximate surface area is 243 Å². The quantitative estimate of drug-likeness (QED) is 0.383. The van der Waals surface area contributed by atoms with Gasteiger partial charge in [-0.1, -0.05) is 12.1 Å². The molecule has 3 aliphatic heterocycles. The van der Waals surface area contributed by atoms with E-state index < -0.39 is 6.43 Å². The van der Waals surface area contributed by atoms with Crippen LogP contribution >= 0.6 is 0 Å². The van der Waals surface area contributed by atoms with E-state index in [1.807, 2.05) is 9.80 Å². The fourth-order valence-corrected chi connectivity index (χ4v) is 5.75. The predicted octanol–water partition coefficient (Wildman–Crippen LogP) is 3.44. The van der Waals surface area contributed by atoms with Crippen LogP contribution in [0, 0.1) is 5.92 Å². The summed E-state index contributed by atoms with van der Waals surface area (Å²) < 4.78 is 46.5. The van der Waals surface area contributed by atoms with E-state index in [0.717, 1.165) is 32.3 Å². The number of hydrogen-bond donors (Lipinski definition) is 1. The Balaban J connectivity index is 1.14. The lowest BCUT2D eigenvalue weighted by atomic mass is 10.1. The Hall–Kier alpha value is -3.42. The van der Waals surface area contributed by atoms with Crippen LogP contribution in [0.25, 0.3) is 16.9 Å². The van der Waals surface area contributed by atoms with Gasteiger partial charge >= 0.3 is 0 Å². The molecule has 2 aromatic heterocycles. The molecule has 1 N–H and O–H groups in total. The summed E-state index contributed by atoms with van der Waals surface area (Å²) in [6.45, 7) is 5.41. The maximum Gasteiger partial charge on any atom is 0.296 e. The van der Waals surface area contributed by atoms with Crippen molar-refractivity contribution < 1.29 is 27.8 Å². The number of nitrogens with one attached hydrogen (secondary N) is 1. The van der Waals surface area contributed by atoms with Crippen LogP contribution in [0.2, 0.25) is 0 Å². The average Bonchev–Trinajstić information content (AvgIpc) is 3.66. The zero-order chi connectivity index (χ0) is 28.9. The van der Waals surface area contributed by atoms with Crippen molar-refractivity contribution in [3.05, 3.63) is 36.2 Å². The summed E-state index contributed by atoms with van der Waals surface area (Å²) in [6.07, 6.45) is 1.35. The fraction of sp³-hybridized carbons (Fsp3) is 0.586. The van der Waals surface area contributed by atoms with Gasteiger partial charge in [-0.15, -0.1) is 0 Å². The van der Waals surface area contributed by atoms with E-state index in [4.69, 9.17) is 24.2 Å². The molecule has 1 amide bonds. The molecule has 0 radical (unpaired) electrons. The summed E-state index contributed by atoms with van der Waals surface area (Å²) in [5.74, 6) is 1.13. The maximum absolute atomic E-state index is 14.1. The molecule has 3 aliphatic rings. The molecule has 0 saturated carbocycles. The van der Waals surface area contributed by atoms with Gasteiger partial charge in [0.2, 0.25) is 11.9 Å². The molecule has 226 valence electrons. The van der Waals surface area contributed by atoms with Gasteiger partial charge in [-0.3, -0.25) is 9.36 Å². The van der Waals surface area contributed by atoms with Crippen molar-refractivity contribution in [2.45, 2.75) is 38.2 Å². The summed E-state index contributed by atoms with van der Waals surface area (Å²) in [5.41, 5.74) is 1.02. The summed E-state index contributed by atoms with van der Waals surface area (Å²) in [5, 5.41) is 3.39. The van der Waals surface area contributed by atoms with E-state index in [2.05, 4.69) is 10.3 Å². The van der Waals surface area contributed by atoms with Crippen LogP contribution in [0.4, 0.5) is 20.5 Å². The molecule has 1 unspecified atom stereocenters. The fourth-order valence-electron chi connectivity index (χ4n) is 5.75. The minimum Gasteiger partial charge on any atom is -0.378 e. The summed E-state index contributed by atoms with van der Waals surface area (Å²) in [4.78, 5) is 30.2. The predicted molar refractivity (Wildman–Crippen MR) is 152 cm³/mol. The highest BCUT2D eigenvalue weighted by atomic mass is 19.3. The first-order valence-corrected chi connectivity index (χ1v) is 14.7. The van der Waals surface area contributed by atoms with E-state index in [1.54, 1.807) is 30.3 Å². The number of alkyl halides is 2. The van der Waals surface area contributed by atoms with Gasteiger partial charge in [-0.25, -0.2) is 13.8 Å². The monoisotopic (exact) mass is 585 g/mol. The molecule has 13 heteroatoms. The Morgan fingerprint density at radius 2 is 1.93 bits per heavy atom. The molecule has 1 aromatic carbocycles. The molecular weight excluding hydrogens is 548 g/mol. The van der Waals surface area contributed by atoms with Gasteiger partial charge in [0.25, 0.3) is 6.43 Å². The summed E-state index contributed by atoms with van der Waals surface area (Å²) >= 11 is 0. The number of aromatic nitrogens is 4. The number of morpholine rings is 1. The Kier molecular flexibility index (Phi) is 9.06. The van der Waals surface area contributed by atoms with Gasteiger partial charge in [0.05, 0.1) is 37.0 Å². The number of anilines is 2. The lowest BCUT2D eigenvalue weighted by Gasteiger charge is -2.27. The van der Waals surface area contributed by atoms with Crippen molar-refractivity contribution >= 4 is 28.7 Å². The van der Waals surface area contributed by atoms with Gasteiger partial charge in [0.15, 0.2) is 5.82 Å². The number of para-hydroxylation sites is 2. The molecule has 0 bridgehead atoms. The number of halogens is 2. The van der Waals surface area contributed by atoms with Crippen molar-refractivity contribution in [3.8, 4) is 5.82 Å². The number of benzene rings is 1. The van der Waals surface area contributed by atoms with Crippen LogP contribution in [-0.4, -0.2) is 102 Å². The number of ether oxygens (including phenoxy) is 3. The van der Waals surface area contributed by atoms with Crippen LogP contribution in [0.5, 0.6) is 0 Å². The number of amides is 1. The van der Waals surface area contributed by atoms with Crippen LogP contribution < -0.4 is 10.2 Å². The highest BCUT2D eigenvalue weighted by Crippen LogP contribution is 2.29. The third kappa shape index (κ3) is 6.63. The Morgan fingerprint density at radius 3 is 2.74 bits per heavy atom. The first-order valence-electron chi connectivity index (χ1n) is 14.7. The van der Waals surface area contributed by atoms with Gasteiger partial charge in [-0.2, -0.15) is 9.97 Å². The summed E-state index contributed by atoms with van der Waals surface area (Å²) in [6, 6.07) is 8.72. The zero-order valence-electron chi connectivity index (χ0n) is 23.6. The van der Waals surface area contributed by atoms with Crippen molar-refractivity contribution in [1.29, 1.82) is 0 Å². The van der Waals surface area contributed by atoms with Gasteiger partial charge < -0.3 is 29.3 Å². The van der Waals surface area contributed by atoms with E-state index in [9.17, 15) is 13.6 Å². The second-order valence-electron chi connectivity index (χ2n) is 11.0. The molecule has 0 spiro atoms. The van der Waals surface area contributed by atoms with E-state index in [0.29, 0.717) is 81.2 Å². The van der Waals surface area contributed by atoms with Gasteiger partial charge in [-0.05, 0) is 43.7 Å². The lowest BCUT2D eigenvalue weighted by molar-refractivity contribution is -0.137. The normalized spacial score (nSPS) is 21.4. The number of fused-ring (bicyclic) bond motifs is 1. The number of carbonyl (C=O) groups excluding carboxylic acids is 1. The molecule has 0 aliphatic carbocycles. The molecule has 42 heavy (non-hydrogen) atoms. The molecule has 2 atom stereocenters. The van der Waals surface area contributed by atoms with Gasteiger partial charge in [0, 0.05) is 45.4 Å². The number of hydrogen-bond acceptors (Lipinski definition) is 9. The van der Waals surface area contributed by atoms with Crippen LogP contribution in [-0.2, 0) is 19.0 Å². The average molecular weight is 586 g/mol. The van der Waals surface area contributed by atoms with Crippen molar-refractivity contribution in [2.24, 2.45) is 5.92 Å². The first-order chi connectivity index (χ1) is 20.5. The summed E-state index contributed by atoms with van der Waals surface area (Å²) in [7, 11) is 0. The topological polar surface area (TPSA) is 107 Å². The van der Waals surface area contributed by atoms with Crippen molar-refractivity contribution in [2.75, 3.05) is 76.0 Å². The second kappa shape index (κ2) is 13.3. The minimum atomic E-state index is -2.78. The molecular formula is C29H37F2N7O4. The zero-order valence-corrected chi connectivity index (χ0v) is 23.6. The Bertz CT molecular complexity index is 1360.